The molecule has 16 heavy (non-hydrogen) atoms. The van der Waals surface area contributed by atoms with Crippen molar-refractivity contribution in [3.63, 3.8) is 0 Å². The normalized spacial score (nSPS) is 10.2. The minimum atomic E-state index is 0.969. The molecule has 2 aromatic heterocycles. The van der Waals surface area contributed by atoms with Gasteiger partial charge in [0.25, 0.3) is 0 Å². The summed E-state index contributed by atoms with van der Waals surface area (Å²) in [7, 11) is 4.05. The van der Waals surface area contributed by atoms with Crippen LogP contribution >= 0.6 is 0 Å². The maximum atomic E-state index is 4.39. The van der Waals surface area contributed by atoms with Crippen molar-refractivity contribution in [2.24, 2.45) is 0 Å². The van der Waals surface area contributed by atoms with Gasteiger partial charge < -0.3 is 4.90 Å². The summed E-state index contributed by atoms with van der Waals surface area (Å²) < 4.78 is 0. The molecule has 2 heterocycles. The van der Waals surface area contributed by atoms with Gasteiger partial charge >= 0.3 is 0 Å². The van der Waals surface area contributed by atoms with Crippen LogP contribution in [0.1, 0.15) is 5.56 Å². The molecule has 0 aliphatic carbocycles. The zero-order valence-corrected chi connectivity index (χ0v) is 9.81. The molecule has 0 unspecified atom stereocenters. The van der Waals surface area contributed by atoms with Gasteiger partial charge in [0.2, 0.25) is 0 Å². The fourth-order valence-corrected chi connectivity index (χ4v) is 1.58. The highest BCUT2D eigenvalue weighted by atomic mass is 15.1. The first-order valence-corrected chi connectivity index (χ1v) is 5.23. The molecule has 0 saturated carbocycles. The minimum absolute atomic E-state index is 0.969. The number of rotatable bonds is 2. The third-order valence-corrected chi connectivity index (χ3v) is 2.57. The molecule has 2 aromatic rings. The molecule has 0 saturated heterocycles. The average molecular weight is 213 g/mol. The Morgan fingerprint density at radius 1 is 1.12 bits per heavy atom. The van der Waals surface area contributed by atoms with Crippen LogP contribution in [0.2, 0.25) is 0 Å². The summed E-state index contributed by atoms with van der Waals surface area (Å²) in [5.74, 6) is 0. The van der Waals surface area contributed by atoms with Gasteiger partial charge in [0, 0.05) is 43.9 Å². The molecule has 0 spiro atoms. The average Bonchev–Trinajstić information content (AvgIpc) is 2.30. The smallest absolute Gasteiger partial charge is 0.0740 e. The van der Waals surface area contributed by atoms with E-state index >= 15 is 0 Å². The summed E-state index contributed by atoms with van der Waals surface area (Å²) in [6.07, 6.45) is 5.49. The Morgan fingerprint density at radius 2 is 1.94 bits per heavy atom. The molecule has 0 atom stereocenters. The molecule has 0 radical (unpaired) electrons. The number of hydrogen-bond acceptors (Lipinski definition) is 3. The summed E-state index contributed by atoms with van der Waals surface area (Å²) in [6, 6.07) is 6.07. The molecule has 2 rings (SSSR count). The van der Waals surface area contributed by atoms with E-state index in [4.69, 9.17) is 0 Å². The standard InChI is InChI=1S/C13H15N3/c1-10-4-6-14-9-12(10)13-8-11(16(2)3)5-7-15-13/h4-9H,1-3H3. The molecule has 0 amide bonds. The molecule has 0 aromatic carbocycles. The number of hydrogen-bond donors (Lipinski definition) is 0. The van der Waals surface area contributed by atoms with Crippen LogP contribution in [0.3, 0.4) is 0 Å². The minimum Gasteiger partial charge on any atom is -0.378 e. The molecule has 0 N–H and O–H groups in total. The number of aromatic nitrogens is 2. The van der Waals surface area contributed by atoms with Gasteiger partial charge in [-0.15, -0.1) is 0 Å². The van der Waals surface area contributed by atoms with Crippen molar-refractivity contribution in [3.05, 3.63) is 42.4 Å². The van der Waals surface area contributed by atoms with Crippen LogP contribution in [0.4, 0.5) is 5.69 Å². The molecule has 0 aliphatic heterocycles. The molecule has 3 nitrogen and oxygen atoms in total. The summed E-state index contributed by atoms with van der Waals surface area (Å²) in [5, 5.41) is 0. The van der Waals surface area contributed by atoms with Gasteiger partial charge in [0.15, 0.2) is 0 Å². The quantitative estimate of drug-likeness (QED) is 0.767. The first-order valence-electron chi connectivity index (χ1n) is 5.23. The number of aryl methyl sites for hydroxylation is 1. The van der Waals surface area contributed by atoms with Crippen molar-refractivity contribution in [2.75, 3.05) is 19.0 Å². The number of nitrogens with zero attached hydrogens (tertiary/aromatic N) is 3. The third kappa shape index (κ3) is 2.03. The summed E-state index contributed by atoms with van der Waals surface area (Å²) in [4.78, 5) is 10.6. The van der Waals surface area contributed by atoms with E-state index < -0.39 is 0 Å². The van der Waals surface area contributed by atoms with Crippen LogP contribution in [0.5, 0.6) is 0 Å². The molecule has 0 bridgehead atoms. The Kier molecular flexibility index (Phi) is 2.86. The lowest BCUT2D eigenvalue weighted by atomic mass is 10.1. The zero-order chi connectivity index (χ0) is 11.5. The van der Waals surface area contributed by atoms with E-state index in [1.54, 1.807) is 6.20 Å². The van der Waals surface area contributed by atoms with Gasteiger partial charge in [0.1, 0.15) is 0 Å². The lowest BCUT2D eigenvalue weighted by Crippen LogP contribution is -2.08. The van der Waals surface area contributed by atoms with Gasteiger partial charge in [0.05, 0.1) is 5.69 Å². The number of pyridine rings is 2. The second-order valence-corrected chi connectivity index (χ2v) is 3.98. The predicted octanol–water partition coefficient (Wildman–Crippen LogP) is 2.52. The zero-order valence-electron chi connectivity index (χ0n) is 9.81. The summed E-state index contributed by atoms with van der Waals surface area (Å²) >= 11 is 0. The maximum absolute atomic E-state index is 4.39. The van der Waals surface area contributed by atoms with E-state index in [1.807, 2.05) is 38.6 Å². The van der Waals surface area contributed by atoms with Crippen LogP contribution in [-0.2, 0) is 0 Å². The monoisotopic (exact) mass is 213 g/mol. The van der Waals surface area contributed by atoms with Crippen LogP contribution in [-0.4, -0.2) is 24.1 Å². The van der Waals surface area contributed by atoms with Crippen LogP contribution in [0, 0.1) is 6.92 Å². The molecule has 82 valence electrons. The van der Waals surface area contributed by atoms with Gasteiger partial charge in [-0.3, -0.25) is 9.97 Å². The van der Waals surface area contributed by atoms with E-state index in [2.05, 4.69) is 27.9 Å². The topological polar surface area (TPSA) is 29.0 Å². The van der Waals surface area contributed by atoms with Crippen molar-refractivity contribution in [1.29, 1.82) is 0 Å². The van der Waals surface area contributed by atoms with Crippen LogP contribution < -0.4 is 4.90 Å². The van der Waals surface area contributed by atoms with E-state index in [0.29, 0.717) is 0 Å². The number of anilines is 1. The Bertz CT molecular complexity index is 492. The Hall–Kier alpha value is -1.90. The fourth-order valence-electron chi connectivity index (χ4n) is 1.58. The first kappa shape index (κ1) is 10.6. The largest absolute Gasteiger partial charge is 0.378 e. The highest BCUT2D eigenvalue weighted by molar-refractivity contribution is 5.66. The second-order valence-electron chi connectivity index (χ2n) is 3.98. The van der Waals surface area contributed by atoms with E-state index in [9.17, 15) is 0 Å². The molecular formula is C13H15N3. The lowest BCUT2D eigenvalue weighted by Gasteiger charge is -2.13. The predicted molar refractivity (Wildman–Crippen MR) is 66.5 cm³/mol. The Balaban J connectivity index is 2.49. The molecule has 0 aliphatic rings. The van der Waals surface area contributed by atoms with Crippen LogP contribution in [0.25, 0.3) is 11.3 Å². The van der Waals surface area contributed by atoms with Crippen molar-refractivity contribution in [2.45, 2.75) is 6.92 Å². The van der Waals surface area contributed by atoms with E-state index in [-0.39, 0.29) is 0 Å². The highest BCUT2D eigenvalue weighted by Crippen LogP contribution is 2.23. The van der Waals surface area contributed by atoms with Gasteiger partial charge in [-0.2, -0.15) is 0 Å². The van der Waals surface area contributed by atoms with E-state index in [0.717, 1.165) is 16.9 Å². The maximum Gasteiger partial charge on any atom is 0.0740 e. The third-order valence-electron chi connectivity index (χ3n) is 2.57. The Morgan fingerprint density at radius 3 is 2.62 bits per heavy atom. The molecule has 3 heteroatoms. The van der Waals surface area contributed by atoms with Crippen molar-refractivity contribution >= 4 is 5.69 Å². The van der Waals surface area contributed by atoms with Crippen molar-refractivity contribution < 1.29 is 0 Å². The van der Waals surface area contributed by atoms with Crippen molar-refractivity contribution in [1.82, 2.24) is 9.97 Å². The van der Waals surface area contributed by atoms with E-state index in [1.165, 1.54) is 5.56 Å². The second kappa shape index (κ2) is 4.31. The fraction of sp³-hybridized carbons (Fsp3) is 0.231. The van der Waals surface area contributed by atoms with Gasteiger partial charge in [-0.25, -0.2) is 0 Å². The van der Waals surface area contributed by atoms with Crippen LogP contribution in [0.15, 0.2) is 36.8 Å². The SMILES string of the molecule is Cc1ccncc1-c1cc(N(C)C)ccn1. The van der Waals surface area contributed by atoms with Gasteiger partial charge in [-0.1, -0.05) is 0 Å². The Labute approximate surface area is 95.8 Å². The first-order chi connectivity index (χ1) is 7.68. The summed E-state index contributed by atoms with van der Waals surface area (Å²) in [6.45, 7) is 2.07. The lowest BCUT2D eigenvalue weighted by molar-refractivity contribution is 1.12. The van der Waals surface area contributed by atoms with Crippen molar-refractivity contribution in [3.8, 4) is 11.3 Å². The molecule has 0 fully saturated rings. The highest BCUT2D eigenvalue weighted by Gasteiger charge is 2.04. The molecular weight excluding hydrogens is 198 g/mol. The summed E-state index contributed by atoms with van der Waals surface area (Å²) in [5.41, 5.74) is 4.40. The van der Waals surface area contributed by atoms with Gasteiger partial charge in [-0.05, 0) is 30.7 Å².